The Labute approximate surface area is 54.9 Å². The van der Waals surface area contributed by atoms with Crippen LogP contribution in [0.25, 0.3) is 0 Å². The molecule has 1 rings (SSSR count). The van der Waals surface area contributed by atoms with Gasteiger partial charge in [-0.25, -0.2) is 0 Å². The third kappa shape index (κ3) is 1.23. The van der Waals surface area contributed by atoms with Crippen molar-refractivity contribution in [2.45, 2.75) is 20.3 Å². The third-order valence-corrected chi connectivity index (χ3v) is 2.01. The van der Waals surface area contributed by atoms with E-state index in [1.165, 1.54) is 0 Å². The molecular weight excluding hydrogens is 116 g/mol. The van der Waals surface area contributed by atoms with Gasteiger partial charge < -0.3 is 5.11 Å². The summed E-state index contributed by atoms with van der Waals surface area (Å²) in [6, 6.07) is 0. The highest BCUT2D eigenvalue weighted by Gasteiger charge is 2.44. The Bertz CT molecular complexity index is 129. The Morgan fingerprint density at radius 1 is 1.67 bits per heavy atom. The fourth-order valence-corrected chi connectivity index (χ4v) is 1.24. The molecule has 0 aromatic heterocycles. The summed E-state index contributed by atoms with van der Waals surface area (Å²) in [4.78, 5) is 10.3. The van der Waals surface area contributed by atoms with E-state index in [-0.39, 0.29) is 5.92 Å². The van der Waals surface area contributed by atoms with E-state index in [1.807, 2.05) is 0 Å². The van der Waals surface area contributed by atoms with Crippen molar-refractivity contribution in [1.29, 1.82) is 0 Å². The van der Waals surface area contributed by atoms with Crippen molar-refractivity contribution >= 4 is 5.97 Å². The summed E-state index contributed by atoms with van der Waals surface area (Å²) in [6.45, 7) is 4.15. The largest absolute Gasteiger partial charge is 0.481 e. The second kappa shape index (κ2) is 2.01. The van der Waals surface area contributed by atoms with Gasteiger partial charge in [0.25, 0.3) is 0 Å². The lowest BCUT2D eigenvalue weighted by atomic mass is 10.1. The molecule has 1 saturated carbocycles. The lowest BCUT2D eigenvalue weighted by Gasteiger charge is -1.97. The Hall–Kier alpha value is -0.530. The van der Waals surface area contributed by atoms with E-state index in [0.29, 0.717) is 11.8 Å². The molecular formula is C7H12O2. The van der Waals surface area contributed by atoms with Gasteiger partial charge in [-0.05, 0) is 18.3 Å². The minimum absolute atomic E-state index is 0.0231. The zero-order valence-electron chi connectivity index (χ0n) is 5.79. The van der Waals surface area contributed by atoms with E-state index in [9.17, 15) is 4.79 Å². The number of carbonyl (C=O) groups is 1. The first-order valence-electron chi connectivity index (χ1n) is 3.35. The van der Waals surface area contributed by atoms with E-state index in [0.717, 1.165) is 6.42 Å². The van der Waals surface area contributed by atoms with Gasteiger partial charge in [0.2, 0.25) is 0 Å². The molecule has 1 unspecified atom stereocenters. The van der Waals surface area contributed by atoms with Crippen LogP contribution in [0, 0.1) is 17.8 Å². The molecule has 2 heteroatoms. The summed E-state index contributed by atoms with van der Waals surface area (Å²) in [5.74, 6) is 0.368. The number of rotatable bonds is 2. The van der Waals surface area contributed by atoms with Gasteiger partial charge in [-0.3, -0.25) is 4.79 Å². The Balaban J connectivity index is 2.33. The smallest absolute Gasteiger partial charge is 0.306 e. The van der Waals surface area contributed by atoms with E-state index < -0.39 is 5.97 Å². The van der Waals surface area contributed by atoms with Crippen molar-refractivity contribution < 1.29 is 9.90 Å². The predicted octanol–water partition coefficient (Wildman–Crippen LogP) is 1.36. The van der Waals surface area contributed by atoms with Crippen molar-refractivity contribution in [3.05, 3.63) is 0 Å². The van der Waals surface area contributed by atoms with Crippen LogP contribution in [0.1, 0.15) is 20.3 Å². The summed E-state index contributed by atoms with van der Waals surface area (Å²) in [5, 5.41) is 8.47. The monoisotopic (exact) mass is 128 g/mol. The van der Waals surface area contributed by atoms with Crippen LogP contribution in [0.15, 0.2) is 0 Å². The van der Waals surface area contributed by atoms with Crippen LogP contribution in [0.5, 0.6) is 0 Å². The van der Waals surface area contributed by atoms with Crippen LogP contribution in [-0.2, 0) is 4.79 Å². The fourth-order valence-electron chi connectivity index (χ4n) is 1.24. The lowest BCUT2D eigenvalue weighted by Crippen LogP contribution is -2.02. The molecule has 1 N–H and O–H groups in total. The van der Waals surface area contributed by atoms with E-state index >= 15 is 0 Å². The van der Waals surface area contributed by atoms with Gasteiger partial charge >= 0.3 is 5.97 Å². The van der Waals surface area contributed by atoms with Crippen molar-refractivity contribution in [3.63, 3.8) is 0 Å². The highest BCUT2D eigenvalue weighted by atomic mass is 16.4. The summed E-state index contributed by atoms with van der Waals surface area (Å²) >= 11 is 0. The van der Waals surface area contributed by atoms with E-state index in [1.54, 1.807) is 0 Å². The molecule has 1 aliphatic rings. The average Bonchev–Trinajstić information content (AvgIpc) is 2.39. The zero-order valence-corrected chi connectivity index (χ0v) is 5.79. The Kier molecular flexibility index (Phi) is 1.47. The van der Waals surface area contributed by atoms with Crippen molar-refractivity contribution in [2.24, 2.45) is 17.8 Å². The topological polar surface area (TPSA) is 37.3 Å². The second-order valence-corrected chi connectivity index (χ2v) is 3.09. The molecule has 2 nitrogen and oxygen atoms in total. The van der Waals surface area contributed by atoms with Gasteiger partial charge in [0, 0.05) is 0 Å². The number of carboxylic acids is 1. The molecule has 0 amide bonds. The van der Waals surface area contributed by atoms with Gasteiger partial charge in [0.1, 0.15) is 0 Å². The molecule has 1 fully saturated rings. The maximum atomic E-state index is 10.3. The van der Waals surface area contributed by atoms with Crippen LogP contribution in [0.3, 0.4) is 0 Å². The summed E-state index contributed by atoms with van der Waals surface area (Å²) in [5.41, 5.74) is 0. The highest BCUT2D eigenvalue weighted by Crippen LogP contribution is 2.43. The van der Waals surface area contributed by atoms with Crippen molar-refractivity contribution in [1.82, 2.24) is 0 Å². The van der Waals surface area contributed by atoms with Gasteiger partial charge in [0.05, 0.1) is 5.92 Å². The Morgan fingerprint density at radius 2 is 2.22 bits per heavy atom. The molecule has 52 valence electrons. The van der Waals surface area contributed by atoms with Crippen molar-refractivity contribution in [2.75, 3.05) is 0 Å². The molecule has 0 spiro atoms. The number of hydrogen-bond donors (Lipinski definition) is 1. The normalized spacial score (nSPS) is 32.8. The van der Waals surface area contributed by atoms with Gasteiger partial charge in [-0.2, -0.15) is 0 Å². The summed E-state index contributed by atoms with van der Waals surface area (Å²) < 4.78 is 0. The molecule has 0 bridgehead atoms. The molecule has 0 radical (unpaired) electrons. The van der Waals surface area contributed by atoms with Crippen LogP contribution in [0.4, 0.5) is 0 Å². The Morgan fingerprint density at radius 3 is 2.33 bits per heavy atom. The van der Waals surface area contributed by atoms with Gasteiger partial charge in [0.15, 0.2) is 0 Å². The zero-order chi connectivity index (χ0) is 7.02. The van der Waals surface area contributed by atoms with Gasteiger partial charge in [-0.1, -0.05) is 13.8 Å². The minimum atomic E-state index is -0.617. The molecule has 0 aromatic carbocycles. The highest BCUT2D eigenvalue weighted by molar-refractivity contribution is 5.73. The molecule has 0 heterocycles. The molecule has 2 atom stereocenters. The second-order valence-electron chi connectivity index (χ2n) is 3.09. The maximum absolute atomic E-state index is 10.3. The number of carboxylic acid groups (broad SMARTS) is 1. The lowest BCUT2D eigenvalue weighted by molar-refractivity contribution is -0.139. The van der Waals surface area contributed by atoms with E-state index in [2.05, 4.69) is 13.8 Å². The first-order valence-corrected chi connectivity index (χ1v) is 3.35. The predicted molar refractivity (Wildman–Crippen MR) is 34.1 cm³/mol. The molecule has 0 aliphatic heterocycles. The van der Waals surface area contributed by atoms with Crippen LogP contribution < -0.4 is 0 Å². The summed E-state index contributed by atoms with van der Waals surface area (Å²) in [6.07, 6.45) is 0.896. The van der Waals surface area contributed by atoms with Gasteiger partial charge in [-0.15, -0.1) is 0 Å². The first-order chi connectivity index (χ1) is 4.13. The maximum Gasteiger partial charge on any atom is 0.306 e. The molecule has 0 aromatic rings. The number of hydrogen-bond acceptors (Lipinski definition) is 1. The van der Waals surface area contributed by atoms with E-state index in [4.69, 9.17) is 5.11 Å². The van der Waals surface area contributed by atoms with Crippen LogP contribution in [-0.4, -0.2) is 11.1 Å². The SMILES string of the molecule is CC(C)[C@H]1CC1C(=O)O. The minimum Gasteiger partial charge on any atom is -0.481 e. The van der Waals surface area contributed by atoms with Crippen molar-refractivity contribution in [3.8, 4) is 0 Å². The quantitative estimate of drug-likeness (QED) is 0.609. The standard InChI is InChI=1S/C7H12O2/c1-4(2)5-3-6(5)7(8)9/h4-6H,3H2,1-2H3,(H,8,9)/t5-,6?/m1/s1. The van der Waals surface area contributed by atoms with Crippen LogP contribution in [0.2, 0.25) is 0 Å². The molecule has 1 aliphatic carbocycles. The third-order valence-electron chi connectivity index (χ3n) is 2.01. The molecule has 9 heavy (non-hydrogen) atoms. The number of aliphatic carboxylic acids is 1. The molecule has 0 saturated heterocycles. The first kappa shape index (κ1) is 6.59. The summed E-state index contributed by atoms with van der Waals surface area (Å²) in [7, 11) is 0. The van der Waals surface area contributed by atoms with Crippen LogP contribution >= 0.6 is 0 Å². The fraction of sp³-hybridized carbons (Fsp3) is 0.857. The average molecular weight is 128 g/mol.